The van der Waals surface area contributed by atoms with Crippen LogP contribution >= 0.6 is 0 Å². The predicted molar refractivity (Wildman–Crippen MR) is 93.2 cm³/mol. The second kappa shape index (κ2) is 8.68. The molecule has 0 radical (unpaired) electrons. The van der Waals surface area contributed by atoms with Crippen LogP contribution in [0.25, 0.3) is 0 Å². The van der Waals surface area contributed by atoms with Crippen molar-refractivity contribution < 1.29 is 59.3 Å². The minimum Gasteiger partial charge on any atom is -0.508 e. The Labute approximate surface area is 166 Å². The Hall–Kier alpha value is -4.48. The van der Waals surface area contributed by atoms with Gasteiger partial charge in [0.1, 0.15) is 23.0 Å². The zero-order valence-corrected chi connectivity index (χ0v) is 14.8. The van der Waals surface area contributed by atoms with Crippen LogP contribution in [0.4, 0.5) is 0 Å². The summed E-state index contributed by atoms with van der Waals surface area (Å²) in [6.07, 6.45) is -5.04. The molecule has 0 aliphatic heterocycles. The lowest BCUT2D eigenvalue weighted by Gasteiger charge is -2.21. The molecular weight excluding hydrogens is 408 g/mol. The SMILES string of the molecule is O=C(O[C@@H](C(=O)O)[C@@H](OC(=O)c1cc(O)cc(O)c1)C(=O)O)c1cc(O)cc(O)c1. The maximum absolute atomic E-state index is 12.1. The first-order valence-corrected chi connectivity index (χ1v) is 7.91. The second-order valence-electron chi connectivity index (χ2n) is 5.80. The molecule has 0 bridgehead atoms. The van der Waals surface area contributed by atoms with Gasteiger partial charge in [-0.3, -0.25) is 0 Å². The lowest BCUT2D eigenvalue weighted by Crippen LogP contribution is -2.45. The van der Waals surface area contributed by atoms with Gasteiger partial charge in [0.05, 0.1) is 11.1 Å². The topological polar surface area (TPSA) is 208 Å². The van der Waals surface area contributed by atoms with Crippen molar-refractivity contribution in [2.24, 2.45) is 0 Å². The molecule has 0 aromatic heterocycles. The highest BCUT2D eigenvalue weighted by atomic mass is 16.6. The van der Waals surface area contributed by atoms with Crippen LogP contribution in [-0.2, 0) is 19.1 Å². The molecule has 158 valence electrons. The maximum atomic E-state index is 12.1. The summed E-state index contributed by atoms with van der Waals surface area (Å²) in [4.78, 5) is 47.2. The molecule has 12 heteroatoms. The van der Waals surface area contributed by atoms with Gasteiger partial charge < -0.3 is 40.1 Å². The second-order valence-corrected chi connectivity index (χ2v) is 5.80. The van der Waals surface area contributed by atoms with Crippen molar-refractivity contribution in [1.29, 1.82) is 0 Å². The van der Waals surface area contributed by atoms with Gasteiger partial charge in [0.2, 0.25) is 12.2 Å². The third-order valence-corrected chi connectivity index (χ3v) is 3.51. The number of hydrogen-bond donors (Lipinski definition) is 6. The van der Waals surface area contributed by atoms with Crippen molar-refractivity contribution in [2.75, 3.05) is 0 Å². The average molecular weight is 422 g/mol. The lowest BCUT2D eigenvalue weighted by molar-refractivity contribution is -0.166. The largest absolute Gasteiger partial charge is 0.508 e. The molecule has 2 rings (SSSR count). The van der Waals surface area contributed by atoms with Gasteiger partial charge in [-0.2, -0.15) is 0 Å². The van der Waals surface area contributed by atoms with Gasteiger partial charge in [0.15, 0.2) is 0 Å². The van der Waals surface area contributed by atoms with Crippen LogP contribution in [0.1, 0.15) is 20.7 Å². The summed E-state index contributed by atoms with van der Waals surface area (Å²) in [5.74, 6) is -9.06. The number of esters is 2. The van der Waals surface area contributed by atoms with E-state index in [2.05, 4.69) is 9.47 Å². The van der Waals surface area contributed by atoms with E-state index in [0.29, 0.717) is 0 Å². The molecule has 0 unspecified atom stereocenters. The lowest BCUT2D eigenvalue weighted by atomic mass is 10.1. The highest BCUT2D eigenvalue weighted by molar-refractivity contribution is 5.96. The fraction of sp³-hybridized carbons (Fsp3) is 0.111. The van der Waals surface area contributed by atoms with E-state index in [4.69, 9.17) is 0 Å². The summed E-state index contributed by atoms with van der Waals surface area (Å²) in [5, 5.41) is 56.1. The Kier molecular flexibility index (Phi) is 6.32. The van der Waals surface area contributed by atoms with E-state index in [0.717, 1.165) is 36.4 Å². The van der Waals surface area contributed by atoms with E-state index in [1.807, 2.05) is 0 Å². The summed E-state index contributed by atoms with van der Waals surface area (Å²) in [6, 6.07) is 5.02. The van der Waals surface area contributed by atoms with Gasteiger partial charge in [-0.05, 0) is 24.3 Å². The van der Waals surface area contributed by atoms with Crippen LogP contribution in [0.2, 0.25) is 0 Å². The summed E-state index contributed by atoms with van der Waals surface area (Å²) >= 11 is 0. The zero-order chi connectivity index (χ0) is 22.6. The standard InChI is InChI=1S/C18H14O12/c19-9-1-7(2-10(20)5-9)17(27)29-13(15(23)24)14(16(25)26)30-18(28)8-3-11(21)6-12(22)4-8/h1-6,13-14,19-22H,(H,23,24)(H,25,26)/t13-,14-/m1/s1. The Bertz CT molecular complexity index is 890. The maximum Gasteiger partial charge on any atom is 0.349 e. The summed E-state index contributed by atoms with van der Waals surface area (Å²) < 4.78 is 9.20. The number of carbonyl (C=O) groups is 4. The van der Waals surface area contributed by atoms with Crippen LogP contribution in [0.3, 0.4) is 0 Å². The molecule has 0 amide bonds. The molecule has 12 nitrogen and oxygen atoms in total. The van der Waals surface area contributed by atoms with E-state index in [1.54, 1.807) is 0 Å². The van der Waals surface area contributed by atoms with Crippen LogP contribution in [0.15, 0.2) is 36.4 Å². The molecule has 0 fully saturated rings. The summed E-state index contributed by atoms with van der Waals surface area (Å²) in [7, 11) is 0. The predicted octanol–water partition coefficient (Wildman–Crippen LogP) is 0.429. The Morgan fingerprint density at radius 3 is 1.07 bits per heavy atom. The molecule has 2 aromatic carbocycles. The number of carboxylic acid groups (broad SMARTS) is 2. The molecule has 0 saturated heterocycles. The van der Waals surface area contributed by atoms with Crippen molar-refractivity contribution in [1.82, 2.24) is 0 Å². The molecular formula is C18H14O12. The van der Waals surface area contributed by atoms with Gasteiger partial charge in [-0.25, -0.2) is 19.2 Å². The van der Waals surface area contributed by atoms with Gasteiger partial charge in [0, 0.05) is 12.1 Å². The van der Waals surface area contributed by atoms with Crippen molar-refractivity contribution >= 4 is 23.9 Å². The van der Waals surface area contributed by atoms with E-state index in [-0.39, 0.29) is 0 Å². The van der Waals surface area contributed by atoms with Gasteiger partial charge in [-0.1, -0.05) is 0 Å². The van der Waals surface area contributed by atoms with Crippen LogP contribution in [0, 0.1) is 0 Å². The zero-order valence-electron chi connectivity index (χ0n) is 14.8. The summed E-state index contributed by atoms with van der Waals surface area (Å²) in [5.41, 5.74) is -1.01. The number of phenolic OH excluding ortho intramolecular Hbond substituents is 4. The molecule has 2 atom stereocenters. The van der Waals surface area contributed by atoms with Gasteiger partial charge in [-0.15, -0.1) is 0 Å². The molecule has 0 spiro atoms. The van der Waals surface area contributed by atoms with E-state index >= 15 is 0 Å². The number of aliphatic carboxylic acids is 2. The Balaban J connectivity index is 2.29. The van der Waals surface area contributed by atoms with Gasteiger partial charge >= 0.3 is 23.9 Å². The van der Waals surface area contributed by atoms with Crippen molar-refractivity contribution in [3.8, 4) is 23.0 Å². The molecule has 30 heavy (non-hydrogen) atoms. The number of aromatic hydroxyl groups is 4. The van der Waals surface area contributed by atoms with Crippen molar-refractivity contribution in [2.45, 2.75) is 12.2 Å². The number of carboxylic acids is 2. The Morgan fingerprint density at radius 2 is 0.833 bits per heavy atom. The minimum absolute atomic E-state index is 0.507. The quantitative estimate of drug-likeness (QED) is 0.336. The Morgan fingerprint density at radius 1 is 0.567 bits per heavy atom. The molecule has 0 aliphatic rings. The third kappa shape index (κ3) is 5.28. The van der Waals surface area contributed by atoms with E-state index in [9.17, 15) is 49.8 Å². The monoisotopic (exact) mass is 422 g/mol. The fourth-order valence-corrected chi connectivity index (χ4v) is 2.28. The van der Waals surface area contributed by atoms with E-state index < -0.39 is 70.2 Å². The first kappa shape index (κ1) is 21.8. The van der Waals surface area contributed by atoms with Crippen LogP contribution in [-0.4, -0.2) is 66.7 Å². The molecule has 0 heterocycles. The van der Waals surface area contributed by atoms with Gasteiger partial charge in [0.25, 0.3) is 0 Å². The number of benzene rings is 2. The number of rotatable bonds is 7. The molecule has 0 saturated carbocycles. The average Bonchev–Trinajstić information content (AvgIpc) is 2.62. The van der Waals surface area contributed by atoms with Crippen LogP contribution in [0.5, 0.6) is 23.0 Å². The number of hydrogen-bond acceptors (Lipinski definition) is 10. The number of carbonyl (C=O) groups excluding carboxylic acids is 2. The first-order valence-electron chi connectivity index (χ1n) is 7.91. The van der Waals surface area contributed by atoms with Crippen molar-refractivity contribution in [3.05, 3.63) is 47.5 Å². The molecule has 6 N–H and O–H groups in total. The highest BCUT2D eigenvalue weighted by Crippen LogP contribution is 2.23. The molecule has 0 aliphatic carbocycles. The summed E-state index contributed by atoms with van der Waals surface area (Å²) in [6.45, 7) is 0. The van der Waals surface area contributed by atoms with Crippen molar-refractivity contribution in [3.63, 3.8) is 0 Å². The van der Waals surface area contributed by atoms with E-state index in [1.165, 1.54) is 0 Å². The molecule has 2 aromatic rings. The highest BCUT2D eigenvalue weighted by Gasteiger charge is 2.41. The number of ether oxygens (including phenoxy) is 2. The number of phenols is 4. The normalized spacial score (nSPS) is 12.4. The van der Waals surface area contributed by atoms with Crippen LogP contribution < -0.4 is 0 Å². The minimum atomic E-state index is -2.52. The fourth-order valence-electron chi connectivity index (χ4n) is 2.28. The first-order chi connectivity index (χ1) is 14.0. The smallest absolute Gasteiger partial charge is 0.349 e. The third-order valence-electron chi connectivity index (χ3n) is 3.51.